The van der Waals surface area contributed by atoms with Gasteiger partial charge in [-0.3, -0.25) is 14.8 Å². The highest BCUT2D eigenvalue weighted by molar-refractivity contribution is 6.03. The Balaban J connectivity index is 1.85. The largest absolute Gasteiger partial charge is 0.372 e. The van der Waals surface area contributed by atoms with E-state index in [2.05, 4.69) is 25.6 Å². The van der Waals surface area contributed by atoms with E-state index in [0.717, 1.165) is 10.9 Å². The molecular formula is C15H13N5O. The van der Waals surface area contributed by atoms with Crippen molar-refractivity contribution in [3.05, 3.63) is 54.6 Å². The molecule has 104 valence electrons. The number of rotatable bonds is 3. The van der Waals surface area contributed by atoms with Crippen LogP contribution < -0.4 is 10.6 Å². The lowest BCUT2D eigenvalue weighted by Crippen LogP contribution is -2.14. The van der Waals surface area contributed by atoms with Gasteiger partial charge in [0.1, 0.15) is 11.5 Å². The normalized spacial score (nSPS) is 10.3. The molecule has 3 aromatic rings. The van der Waals surface area contributed by atoms with Crippen molar-refractivity contribution in [2.75, 3.05) is 17.7 Å². The highest BCUT2D eigenvalue weighted by Gasteiger charge is 2.09. The minimum atomic E-state index is -0.303. The minimum Gasteiger partial charge on any atom is -0.372 e. The number of amides is 1. The summed E-state index contributed by atoms with van der Waals surface area (Å²) in [5.74, 6) is 0.244. The van der Waals surface area contributed by atoms with Gasteiger partial charge in [-0.25, -0.2) is 4.98 Å². The first-order valence-electron chi connectivity index (χ1n) is 6.42. The van der Waals surface area contributed by atoms with Crippen molar-refractivity contribution in [3.63, 3.8) is 0 Å². The molecule has 2 heterocycles. The maximum Gasteiger partial charge on any atom is 0.275 e. The van der Waals surface area contributed by atoms with Crippen molar-refractivity contribution in [3.8, 4) is 0 Å². The van der Waals surface area contributed by atoms with Gasteiger partial charge in [-0.15, -0.1) is 0 Å². The van der Waals surface area contributed by atoms with Gasteiger partial charge in [0, 0.05) is 24.3 Å². The highest BCUT2D eigenvalue weighted by Crippen LogP contribution is 2.17. The molecule has 2 N–H and O–H groups in total. The third-order valence-electron chi connectivity index (χ3n) is 2.98. The molecule has 0 unspecified atom stereocenters. The van der Waals surface area contributed by atoms with Gasteiger partial charge in [0.25, 0.3) is 5.91 Å². The fourth-order valence-corrected chi connectivity index (χ4v) is 1.94. The summed E-state index contributed by atoms with van der Waals surface area (Å²) in [6.07, 6.45) is 4.72. The lowest BCUT2D eigenvalue weighted by molar-refractivity contribution is 0.102. The number of fused-ring (bicyclic) bond motifs is 1. The number of aromatic nitrogens is 3. The molecule has 3 rings (SSSR count). The first kappa shape index (κ1) is 13.0. The third-order valence-corrected chi connectivity index (χ3v) is 2.98. The summed E-state index contributed by atoms with van der Waals surface area (Å²) < 4.78 is 0. The molecule has 6 nitrogen and oxygen atoms in total. The average Bonchev–Trinajstić information content (AvgIpc) is 2.54. The van der Waals surface area contributed by atoms with Crippen LogP contribution in [0.3, 0.4) is 0 Å². The molecule has 6 heteroatoms. The van der Waals surface area contributed by atoms with E-state index < -0.39 is 0 Å². The SMILES string of the molecule is CNc1cncc(C(=O)Nc2ccc3ncccc3c2)n1. The molecule has 1 amide bonds. The van der Waals surface area contributed by atoms with E-state index in [-0.39, 0.29) is 11.6 Å². The standard InChI is InChI=1S/C15H13N5O/c1-16-14-9-17-8-13(20-14)15(21)19-11-4-5-12-10(7-11)3-2-6-18-12/h2-9H,1H3,(H,16,20)(H,19,21). The number of anilines is 2. The first-order chi connectivity index (χ1) is 10.3. The summed E-state index contributed by atoms with van der Waals surface area (Å²) in [7, 11) is 1.72. The van der Waals surface area contributed by atoms with E-state index in [1.54, 1.807) is 19.4 Å². The number of hydrogen-bond donors (Lipinski definition) is 2. The average molecular weight is 279 g/mol. The summed E-state index contributed by atoms with van der Waals surface area (Å²) in [4.78, 5) is 24.5. The Morgan fingerprint density at radius 1 is 1.19 bits per heavy atom. The van der Waals surface area contributed by atoms with Crippen molar-refractivity contribution >= 4 is 28.3 Å². The van der Waals surface area contributed by atoms with Gasteiger partial charge in [0.15, 0.2) is 0 Å². The van der Waals surface area contributed by atoms with Crippen molar-refractivity contribution in [2.45, 2.75) is 0 Å². The van der Waals surface area contributed by atoms with Crippen LogP contribution in [0.25, 0.3) is 10.9 Å². The van der Waals surface area contributed by atoms with Gasteiger partial charge in [-0.2, -0.15) is 0 Å². The summed E-state index contributed by atoms with van der Waals surface area (Å²) >= 11 is 0. The van der Waals surface area contributed by atoms with Crippen LogP contribution in [0.2, 0.25) is 0 Å². The fraction of sp³-hybridized carbons (Fsp3) is 0.0667. The van der Waals surface area contributed by atoms with Gasteiger partial charge in [-0.1, -0.05) is 6.07 Å². The first-order valence-corrected chi connectivity index (χ1v) is 6.42. The molecule has 0 fully saturated rings. The van der Waals surface area contributed by atoms with Crippen LogP contribution in [0, 0.1) is 0 Å². The molecule has 21 heavy (non-hydrogen) atoms. The lowest BCUT2D eigenvalue weighted by atomic mass is 10.2. The predicted octanol–water partition coefficient (Wildman–Crippen LogP) is 2.32. The summed E-state index contributed by atoms with van der Waals surface area (Å²) in [6, 6.07) is 9.34. The van der Waals surface area contributed by atoms with E-state index in [4.69, 9.17) is 0 Å². The van der Waals surface area contributed by atoms with Gasteiger partial charge >= 0.3 is 0 Å². The van der Waals surface area contributed by atoms with E-state index in [9.17, 15) is 4.79 Å². The molecule has 0 aliphatic rings. The molecule has 0 aliphatic carbocycles. The Bertz CT molecular complexity index is 803. The smallest absolute Gasteiger partial charge is 0.275 e. The number of carbonyl (C=O) groups is 1. The van der Waals surface area contributed by atoms with Gasteiger partial charge in [0.05, 0.1) is 17.9 Å². The topological polar surface area (TPSA) is 79.8 Å². The number of benzene rings is 1. The maximum absolute atomic E-state index is 12.2. The molecule has 1 aromatic carbocycles. The zero-order valence-electron chi connectivity index (χ0n) is 11.4. The fourth-order valence-electron chi connectivity index (χ4n) is 1.94. The Labute approximate surface area is 121 Å². The van der Waals surface area contributed by atoms with Crippen LogP contribution in [0.5, 0.6) is 0 Å². The van der Waals surface area contributed by atoms with E-state index in [0.29, 0.717) is 11.5 Å². The Morgan fingerprint density at radius 3 is 2.95 bits per heavy atom. The molecule has 0 atom stereocenters. The number of pyridine rings is 1. The number of carbonyl (C=O) groups excluding carboxylic acids is 1. The number of hydrogen-bond acceptors (Lipinski definition) is 5. The van der Waals surface area contributed by atoms with Crippen molar-refractivity contribution in [1.82, 2.24) is 15.0 Å². The molecule has 0 saturated carbocycles. The van der Waals surface area contributed by atoms with Crippen LogP contribution in [0.1, 0.15) is 10.5 Å². The van der Waals surface area contributed by atoms with Crippen molar-refractivity contribution < 1.29 is 4.79 Å². The van der Waals surface area contributed by atoms with E-state index >= 15 is 0 Å². The molecule has 0 radical (unpaired) electrons. The zero-order valence-corrected chi connectivity index (χ0v) is 11.4. The molecule has 0 bridgehead atoms. The van der Waals surface area contributed by atoms with Crippen molar-refractivity contribution in [1.29, 1.82) is 0 Å². The highest BCUT2D eigenvalue weighted by atomic mass is 16.1. The van der Waals surface area contributed by atoms with Gasteiger partial charge < -0.3 is 10.6 Å². The van der Waals surface area contributed by atoms with Crippen LogP contribution >= 0.6 is 0 Å². The second-order valence-electron chi connectivity index (χ2n) is 4.40. The maximum atomic E-state index is 12.2. The molecular weight excluding hydrogens is 266 g/mol. The molecule has 2 aromatic heterocycles. The monoisotopic (exact) mass is 279 g/mol. The summed E-state index contributed by atoms with van der Waals surface area (Å²) in [5.41, 5.74) is 1.83. The second-order valence-corrected chi connectivity index (χ2v) is 4.40. The predicted molar refractivity (Wildman–Crippen MR) is 81.3 cm³/mol. The number of nitrogens with zero attached hydrogens (tertiary/aromatic N) is 3. The third kappa shape index (κ3) is 2.79. The minimum absolute atomic E-state index is 0.258. The lowest BCUT2D eigenvalue weighted by Gasteiger charge is -2.06. The van der Waals surface area contributed by atoms with E-state index in [1.165, 1.54) is 6.20 Å². The van der Waals surface area contributed by atoms with Crippen LogP contribution in [-0.4, -0.2) is 27.9 Å². The number of nitrogens with one attached hydrogen (secondary N) is 2. The Morgan fingerprint density at radius 2 is 2.10 bits per heavy atom. The quantitative estimate of drug-likeness (QED) is 0.769. The summed E-state index contributed by atoms with van der Waals surface area (Å²) in [5, 5.41) is 6.62. The molecule has 0 spiro atoms. The van der Waals surface area contributed by atoms with Crippen LogP contribution in [0.15, 0.2) is 48.9 Å². The zero-order chi connectivity index (χ0) is 14.7. The Hall–Kier alpha value is -3.02. The summed E-state index contributed by atoms with van der Waals surface area (Å²) in [6.45, 7) is 0. The van der Waals surface area contributed by atoms with Crippen molar-refractivity contribution in [2.24, 2.45) is 0 Å². The van der Waals surface area contributed by atoms with Crippen LogP contribution in [-0.2, 0) is 0 Å². The van der Waals surface area contributed by atoms with Crippen LogP contribution in [0.4, 0.5) is 11.5 Å². The van der Waals surface area contributed by atoms with E-state index in [1.807, 2.05) is 30.3 Å². The molecule has 0 aliphatic heterocycles. The van der Waals surface area contributed by atoms with Gasteiger partial charge in [0.2, 0.25) is 0 Å². The molecule has 0 saturated heterocycles. The Kier molecular flexibility index (Phi) is 3.42. The second kappa shape index (κ2) is 5.54. The van der Waals surface area contributed by atoms with Gasteiger partial charge in [-0.05, 0) is 24.3 Å².